The number of hydrogen-bond donors (Lipinski definition) is 2. The number of amides is 3. The molecule has 1 fully saturated rings. The van der Waals surface area contributed by atoms with Gasteiger partial charge in [0.25, 0.3) is 0 Å². The van der Waals surface area contributed by atoms with E-state index in [1.165, 1.54) is 4.90 Å². The van der Waals surface area contributed by atoms with Crippen molar-refractivity contribution >= 4 is 17.9 Å². The zero-order valence-electron chi connectivity index (χ0n) is 12.3. The van der Waals surface area contributed by atoms with E-state index in [9.17, 15) is 14.4 Å². The highest BCUT2D eigenvalue weighted by atomic mass is 16.4. The van der Waals surface area contributed by atoms with Crippen LogP contribution in [0, 0.1) is 5.92 Å². The summed E-state index contributed by atoms with van der Waals surface area (Å²) < 4.78 is 0. The van der Waals surface area contributed by atoms with Crippen molar-refractivity contribution in [3.63, 3.8) is 0 Å². The monoisotopic (exact) mass is 285 g/mol. The Kier molecular flexibility index (Phi) is 5.79. The lowest BCUT2D eigenvalue weighted by Gasteiger charge is -2.34. The minimum absolute atomic E-state index is 0.118. The fraction of sp³-hybridized carbons (Fsp3) is 0.769. The van der Waals surface area contributed by atoms with Gasteiger partial charge < -0.3 is 20.2 Å². The third-order valence-corrected chi connectivity index (χ3v) is 3.47. The summed E-state index contributed by atoms with van der Waals surface area (Å²) in [4.78, 5) is 38.0. The molecule has 1 aliphatic heterocycles. The Bertz CT molecular complexity index is 384. The first-order valence-electron chi connectivity index (χ1n) is 6.86. The van der Waals surface area contributed by atoms with E-state index in [4.69, 9.17) is 5.11 Å². The summed E-state index contributed by atoms with van der Waals surface area (Å²) in [6.45, 7) is 2.69. The van der Waals surface area contributed by atoms with Crippen molar-refractivity contribution in [2.45, 2.75) is 32.2 Å². The molecule has 3 amide bonds. The number of nitrogens with one attached hydrogen (secondary N) is 1. The molecule has 0 aliphatic carbocycles. The molecule has 1 heterocycles. The summed E-state index contributed by atoms with van der Waals surface area (Å²) in [7, 11) is 3.34. The summed E-state index contributed by atoms with van der Waals surface area (Å²) >= 11 is 0. The van der Waals surface area contributed by atoms with Crippen LogP contribution in [0.5, 0.6) is 0 Å². The van der Waals surface area contributed by atoms with Crippen LogP contribution in [0.1, 0.15) is 26.2 Å². The molecule has 0 saturated carbocycles. The van der Waals surface area contributed by atoms with Crippen molar-refractivity contribution in [2.24, 2.45) is 5.92 Å². The molecule has 114 valence electrons. The zero-order valence-corrected chi connectivity index (χ0v) is 12.3. The van der Waals surface area contributed by atoms with Crippen LogP contribution < -0.4 is 5.32 Å². The van der Waals surface area contributed by atoms with Gasteiger partial charge in [-0.05, 0) is 19.3 Å². The second-order valence-corrected chi connectivity index (χ2v) is 5.27. The second-order valence-electron chi connectivity index (χ2n) is 5.27. The van der Waals surface area contributed by atoms with E-state index in [1.807, 2.05) is 0 Å². The fourth-order valence-corrected chi connectivity index (χ4v) is 2.28. The Labute approximate surface area is 118 Å². The van der Waals surface area contributed by atoms with E-state index >= 15 is 0 Å². The maximum Gasteiger partial charge on any atom is 0.326 e. The van der Waals surface area contributed by atoms with E-state index in [1.54, 1.807) is 25.9 Å². The third-order valence-electron chi connectivity index (χ3n) is 3.47. The number of piperidine rings is 1. The molecule has 1 unspecified atom stereocenters. The van der Waals surface area contributed by atoms with E-state index in [0.717, 1.165) is 6.42 Å². The molecule has 0 aromatic rings. The van der Waals surface area contributed by atoms with Gasteiger partial charge in [0.15, 0.2) is 0 Å². The summed E-state index contributed by atoms with van der Waals surface area (Å²) in [6.07, 6.45) is 1.77. The maximum atomic E-state index is 12.1. The molecule has 1 aliphatic rings. The molecule has 7 nitrogen and oxygen atoms in total. The topological polar surface area (TPSA) is 90.0 Å². The van der Waals surface area contributed by atoms with E-state index in [-0.39, 0.29) is 17.9 Å². The number of urea groups is 1. The fourth-order valence-electron chi connectivity index (χ4n) is 2.28. The van der Waals surface area contributed by atoms with E-state index in [2.05, 4.69) is 5.32 Å². The Morgan fingerprint density at radius 1 is 1.40 bits per heavy atom. The van der Waals surface area contributed by atoms with Crippen LogP contribution in [-0.2, 0) is 9.59 Å². The van der Waals surface area contributed by atoms with E-state index in [0.29, 0.717) is 25.9 Å². The Morgan fingerprint density at radius 2 is 2.05 bits per heavy atom. The normalized spacial score (nSPS) is 20.1. The highest BCUT2D eigenvalue weighted by molar-refractivity contribution is 5.85. The van der Waals surface area contributed by atoms with Gasteiger partial charge in [0.05, 0.1) is 5.92 Å². The van der Waals surface area contributed by atoms with Crippen LogP contribution in [0.4, 0.5) is 4.79 Å². The lowest BCUT2D eigenvalue weighted by Crippen LogP contribution is -2.50. The van der Waals surface area contributed by atoms with Crippen LogP contribution in [-0.4, -0.2) is 66.0 Å². The lowest BCUT2D eigenvalue weighted by atomic mass is 9.97. The number of hydrogen-bond acceptors (Lipinski definition) is 3. The van der Waals surface area contributed by atoms with Gasteiger partial charge in [-0.2, -0.15) is 0 Å². The quantitative estimate of drug-likeness (QED) is 0.780. The summed E-state index contributed by atoms with van der Waals surface area (Å²) in [5.41, 5.74) is 0. The van der Waals surface area contributed by atoms with Crippen molar-refractivity contribution in [1.29, 1.82) is 0 Å². The van der Waals surface area contributed by atoms with Gasteiger partial charge >= 0.3 is 12.0 Å². The molecular formula is C13H23N3O4. The van der Waals surface area contributed by atoms with Gasteiger partial charge in [-0.1, -0.05) is 6.92 Å². The predicted molar refractivity (Wildman–Crippen MR) is 73.2 cm³/mol. The van der Waals surface area contributed by atoms with Crippen LogP contribution in [0.25, 0.3) is 0 Å². The average molecular weight is 285 g/mol. The van der Waals surface area contributed by atoms with Crippen molar-refractivity contribution in [1.82, 2.24) is 15.1 Å². The van der Waals surface area contributed by atoms with Gasteiger partial charge in [-0.25, -0.2) is 9.59 Å². The number of carboxylic acid groups (broad SMARTS) is 1. The molecule has 0 aromatic carbocycles. The third kappa shape index (κ3) is 4.11. The van der Waals surface area contributed by atoms with Crippen LogP contribution in [0.3, 0.4) is 0 Å². The molecule has 2 atom stereocenters. The molecule has 7 heteroatoms. The number of carboxylic acids is 1. The number of carbonyl (C=O) groups is 3. The van der Waals surface area contributed by atoms with Gasteiger partial charge in [0.2, 0.25) is 5.91 Å². The second kappa shape index (κ2) is 7.12. The zero-order chi connectivity index (χ0) is 15.3. The Balaban J connectivity index is 2.60. The molecule has 1 saturated heterocycles. The minimum Gasteiger partial charge on any atom is -0.480 e. The number of rotatable bonds is 4. The molecule has 0 aromatic heterocycles. The molecular weight excluding hydrogens is 262 g/mol. The average Bonchev–Trinajstić information content (AvgIpc) is 2.43. The number of carbonyl (C=O) groups excluding carboxylic acids is 2. The largest absolute Gasteiger partial charge is 0.480 e. The van der Waals surface area contributed by atoms with Gasteiger partial charge in [0.1, 0.15) is 6.04 Å². The summed E-state index contributed by atoms with van der Waals surface area (Å²) in [5, 5.41) is 11.5. The molecule has 2 N–H and O–H groups in total. The number of likely N-dealkylation sites (tertiary alicyclic amines) is 1. The van der Waals surface area contributed by atoms with Gasteiger partial charge in [-0.15, -0.1) is 0 Å². The van der Waals surface area contributed by atoms with E-state index < -0.39 is 12.0 Å². The standard InChI is InChI=1S/C13H23N3O4/c1-4-10(12(18)19)14-11(17)9-6-5-7-16(8-9)13(20)15(2)3/h9-10H,4-8H2,1-3H3,(H,14,17)(H,18,19)/t9?,10-/m1/s1. The van der Waals surface area contributed by atoms with Gasteiger partial charge in [-0.3, -0.25) is 4.79 Å². The van der Waals surface area contributed by atoms with Gasteiger partial charge in [0, 0.05) is 27.2 Å². The highest BCUT2D eigenvalue weighted by Crippen LogP contribution is 2.18. The first-order valence-corrected chi connectivity index (χ1v) is 6.86. The SMILES string of the molecule is CC[C@@H](NC(=O)C1CCCN(C(=O)N(C)C)C1)C(=O)O. The van der Waals surface area contributed by atoms with Crippen molar-refractivity contribution in [3.05, 3.63) is 0 Å². The van der Waals surface area contributed by atoms with Crippen molar-refractivity contribution in [2.75, 3.05) is 27.2 Å². The first kappa shape index (κ1) is 16.3. The molecule has 0 spiro atoms. The van der Waals surface area contributed by atoms with Crippen LogP contribution in [0.2, 0.25) is 0 Å². The first-order chi connectivity index (χ1) is 9.36. The van der Waals surface area contributed by atoms with Crippen LogP contribution in [0.15, 0.2) is 0 Å². The highest BCUT2D eigenvalue weighted by Gasteiger charge is 2.30. The maximum absolute atomic E-state index is 12.1. The minimum atomic E-state index is -1.03. The van der Waals surface area contributed by atoms with Crippen molar-refractivity contribution in [3.8, 4) is 0 Å². The molecule has 20 heavy (non-hydrogen) atoms. The Morgan fingerprint density at radius 3 is 2.55 bits per heavy atom. The smallest absolute Gasteiger partial charge is 0.326 e. The summed E-state index contributed by atoms with van der Waals surface area (Å²) in [6, 6.07) is -0.977. The van der Waals surface area contributed by atoms with Crippen molar-refractivity contribution < 1.29 is 19.5 Å². The lowest BCUT2D eigenvalue weighted by molar-refractivity contribution is -0.142. The van der Waals surface area contributed by atoms with Crippen LogP contribution >= 0.6 is 0 Å². The Hall–Kier alpha value is -1.79. The molecule has 0 radical (unpaired) electrons. The number of aliphatic carboxylic acids is 1. The molecule has 0 bridgehead atoms. The molecule has 1 rings (SSSR count). The summed E-state index contributed by atoms with van der Waals surface area (Å²) in [5.74, 6) is -1.64. The number of nitrogens with zero attached hydrogens (tertiary/aromatic N) is 2. The predicted octanol–water partition coefficient (Wildman–Crippen LogP) is 0.359.